The fraction of sp³-hybridized carbons (Fsp3) is 1.00. The van der Waals surface area contributed by atoms with Gasteiger partial charge in [0.25, 0.3) is 0 Å². The molecule has 0 spiro atoms. The van der Waals surface area contributed by atoms with E-state index in [1.54, 1.807) is 0 Å². The molecule has 0 aromatic heterocycles. The third-order valence-electron chi connectivity index (χ3n) is 5.23. The molecule has 0 radical (unpaired) electrons. The van der Waals surface area contributed by atoms with Gasteiger partial charge in [-0.1, -0.05) is 6.42 Å². The molecule has 3 aliphatic rings. The summed E-state index contributed by atoms with van der Waals surface area (Å²) in [6.07, 6.45) is 7.17. The Labute approximate surface area is 106 Å². The van der Waals surface area contributed by atoms with Crippen molar-refractivity contribution in [3.63, 3.8) is 0 Å². The molecule has 1 N–H and O–H groups in total. The summed E-state index contributed by atoms with van der Waals surface area (Å²) < 4.78 is 0. The first-order chi connectivity index (χ1) is 8.24. The molecule has 3 nitrogen and oxygen atoms in total. The molecule has 3 saturated heterocycles. The van der Waals surface area contributed by atoms with Crippen LogP contribution in [0.3, 0.4) is 0 Å². The van der Waals surface area contributed by atoms with E-state index in [1.807, 2.05) is 0 Å². The number of hydrogen-bond acceptors (Lipinski definition) is 3. The molecule has 3 heteroatoms. The lowest BCUT2D eigenvalue weighted by atomic mass is 9.81. The normalized spacial score (nSPS) is 44.8. The van der Waals surface area contributed by atoms with E-state index in [1.165, 1.54) is 51.7 Å². The zero-order chi connectivity index (χ0) is 11.8. The first kappa shape index (κ1) is 11.9. The van der Waals surface area contributed by atoms with E-state index < -0.39 is 0 Å². The Balaban J connectivity index is 1.65. The van der Waals surface area contributed by atoms with Crippen LogP contribution in [-0.4, -0.2) is 60.6 Å². The molecule has 3 fully saturated rings. The van der Waals surface area contributed by atoms with Gasteiger partial charge in [-0.25, -0.2) is 0 Å². The fourth-order valence-electron chi connectivity index (χ4n) is 4.18. The average molecular weight is 237 g/mol. The van der Waals surface area contributed by atoms with Crippen LogP contribution in [0.1, 0.15) is 39.0 Å². The maximum absolute atomic E-state index is 3.56. The van der Waals surface area contributed by atoms with Crippen LogP contribution in [0.25, 0.3) is 0 Å². The van der Waals surface area contributed by atoms with E-state index in [0.717, 1.165) is 18.1 Å². The highest BCUT2D eigenvalue weighted by atomic mass is 15.3. The molecular weight excluding hydrogens is 210 g/mol. The second-order valence-corrected chi connectivity index (χ2v) is 6.38. The summed E-state index contributed by atoms with van der Waals surface area (Å²) >= 11 is 0. The second-order valence-electron chi connectivity index (χ2n) is 6.38. The van der Waals surface area contributed by atoms with Crippen LogP contribution in [0.2, 0.25) is 0 Å². The molecular formula is C14H27N3. The van der Waals surface area contributed by atoms with Gasteiger partial charge in [-0.2, -0.15) is 0 Å². The first-order valence-electron chi connectivity index (χ1n) is 7.43. The van der Waals surface area contributed by atoms with Crippen molar-refractivity contribution in [3.8, 4) is 0 Å². The monoisotopic (exact) mass is 237 g/mol. The molecule has 3 unspecified atom stereocenters. The molecule has 0 aliphatic carbocycles. The average Bonchev–Trinajstić information content (AvgIpc) is 2.28. The maximum atomic E-state index is 3.56. The maximum Gasteiger partial charge on any atom is 0.0167 e. The number of nitrogens with one attached hydrogen (secondary N) is 1. The Morgan fingerprint density at radius 1 is 1.06 bits per heavy atom. The van der Waals surface area contributed by atoms with Gasteiger partial charge in [0, 0.05) is 43.8 Å². The summed E-state index contributed by atoms with van der Waals surface area (Å²) in [5.74, 6) is 0. The van der Waals surface area contributed by atoms with E-state index in [4.69, 9.17) is 0 Å². The van der Waals surface area contributed by atoms with Gasteiger partial charge in [0.2, 0.25) is 0 Å². The van der Waals surface area contributed by atoms with Crippen molar-refractivity contribution >= 4 is 0 Å². The Bertz CT molecular complexity index is 254. The molecule has 98 valence electrons. The highest BCUT2D eigenvalue weighted by Crippen LogP contribution is 2.34. The SMILES string of the molecule is CC1CN(C2CC3CCCC(C2)N3C)CCN1. The predicted octanol–water partition coefficient (Wildman–Crippen LogP) is 1.30. The standard InChI is InChI=1S/C14H27N3/c1-11-10-17(7-6-15-11)14-8-12-4-3-5-13(9-14)16(12)2/h11-15H,3-10H2,1-2H3. The van der Waals surface area contributed by atoms with Crippen LogP contribution in [-0.2, 0) is 0 Å². The Hall–Kier alpha value is -0.120. The van der Waals surface area contributed by atoms with Crippen molar-refractivity contribution in [1.82, 2.24) is 15.1 Å². The van der Waals surface area contributed by atoms with Gasteiger partial charge in [-0.15, -0.1) is 0 Å². The van der Waals surface area contributed by atoms with Gasteiger partial charge in [0.1, 0.15) is 0 Å². The summed E-state index contributed by atoms with van der Waals surface area (Å²) in [7, 11) is 2.35. The third-order valence-corrected chi connectivity index (χ3v) is 5.23. The fourth-order valence-corrected chi connectivity index (χ4v) is 4.18. The molecule has 3 atom stereocenters. The molecule has 0 saturated carbocycles. The quantitative estimate of drug-likeness (QED) is 0.741. The molecule has 3 rings (SSSR count). The number of rotatable bonds is 1. The molecule has 0 amide bonds. The molecule has 3 heterocycles. The van der Waals surface area contributed by atoms with Crippen molar-refractivity contribution in [2.24, 2.45) is 0 Å². The summed E-state index contributed by atoms with van der Waals surface area (Å²) in [5.41, 5.74) is 0. The highest BCUT2D eigenvalue weighted by molar-refractivity contribution is 4.95. The minimum atomic E-state index is 0.684. The summed E-state index contributed by atoms with van der Waals surface area (Å²) in [5, 5.41) is 3.56. The van der Waals surface area contributed by atoms with Crippen LogP contribution >= 0.6 is 0 Å². The summed E-state index contributed by atoms with van der Waals surface area (Å²) in [6, 6.07) is 3.30. The second kappa shape index (κ2) is 4.87. The van der Waals surface area contributed by atoms with Crippen molar-refractivity contribution in [3.05, 3.63) is 0 Å². The van der Waals surface area contributed by atoms with E-state index in [2.05, 4.69) is 29.1 Å². The van der Waals surface area contributed by atoms with E-state index in [9.17, 15) is 0 Å². The van der Waals surface area contributed by atoms with Crippen LogP contribution in [0.4, 0.5) is 0 Å². The largest absolute Gasteiger partial charge is 0.312 e. The van der Waals surface area contributed by atoms with Gasteiger partial charge in [0.15, 0.2) is 0 Å². The molecule has 0 aromatic carbocycles. The van der Waals surface area contributed by atoms with Crippen LogP contribution < -0.4 is 5.32 Å². The number of hydrogen-bond donors (Lipinski definition) is 1. The van der Waals surface area contributed by atoms with Crippen LogP contribution in [0, 0.1) is 0 Å². The molecule has 2 bridgehead atoms. The van der Waals surface area contributed by atoms with Gasteiger partial charge in [-0.05, 0) is 39.7 Å². The Morgan fingerprint density at radius 3 is 2.41 bits per heavy atom. The van der Waals surface area contributed by atoms with Crippen molar-refractivity contribution in [2.45, 2.75) is 63.2 Å². The zero-order valence-corrected chi connectivity index (χ0v) is 11.4. The zero-order valence-electron chi connectivity index (χ0n) is 11.4. The van der Waals surface area contributed by atoms with Crippen molar-refractivity contribution in [2.75, 3.05) is 26.7 Å². The molecule has 17 heavy (non-hydrogen) atoms. The third kappa shape index (κ3) is 2.38. The minimum absolute atomic E-state index is 0.684. The van der Waals surface area contributed by atoms with Gasteiger partial charge >= 0.3 is 0 Å². The van der Waals surface area contributed by atoms with Crippen LogP contribution in [0.5, 0.6) is 0 Å². The van der Waals surface area contributed by atoms with Crippen molar-refractivity contribution < 1.29 is 0 Å². The molecule has 3 aliphatic heterocycles. The number of fused-ring (bicyclic) bond motifs is 2. The smallest absolute Gasteiger partial charge is 0.0167 e. The first-order valence-corrected chi connectivity index (χ1v) is 7.43. The summed E-state index contributed by atoms with van der Waals surface area (Å²) in [6.45, 7) is 6.02. The Morgan fingerprint density at radius 2 is 1.76 bits per heavy atom. The topological polar surface area (TPSA) is 18.5 Å². The van der Waals surface area contributed by atoms with Gasteiger partial charge in [0.05, 0.1) is 0 Å². The lowest BCUT2D eigenvalue weighted by molar-refractivity contribution is 0.00143. The minimum Gasteiger partial charge on any atom is -0.312 e. The van der Waals surface area contributed by atoms with Crippen molar-refractivity contribution in [1.29, 1.82) is 0 Å². The van der Waals surface area contributed by atoms with E-state index >= 15 is 0 Å². The lowest BCUT2D eigenvalue weighted by Gasteiger charge is -2.51. The van der Waals surface area contributed by atoms with E-state index in [-0.39, 0.29) is 0 Å². The summed E-state index contributed by atoms with van der Waals surface area (Å²) in [4.78, 5) is 5.44. The molecule has 0 aromatic rings. The lowest BCUT2D eigenvalue weighted by Crippen LogP contribution is -2.59. The van der Waals surface area contributed by atoms with Crippen LogP contribution in [0.15, 0.2) is 0 Å². The van der Waals surface area contributed by atoms with Gasteiger partial charge < -0.3 is 10.2 Å². The van der Waals surface area contributed by atoms with E-state index in [0.29, 0.717) is 6.04 Å². The highest BCUT2D eigenvalue weighted by Gasteiger charge is 2.38. The number of piperidine rings is 2. The number of piperazine rings is 1. The predicted molar refractivity (Wildman–Crippen MR) is 71.2 cm³/mol. The van der Waals surface area contributed by atoms with Gasteiger partial charge in [-0.3, -0.25) is 4.90 Å². The number of nitrogens with zero attached hydrogens (tertiary/aromatic N) is 2. The Kier molecular flexibility index (Phi) is 3.42.